The molecule has 96 valence electrons. The molecule has 0 saturated heterocycles. The van der Waals surface area contributed by atoms with Gasteiger partial charge in [0.1, 0.15) is 0 Å². The second-order valence-corrected chi connectivity index (χ2v) is 5.11. The molecule has 2 aromatic rings. The largest absolute Gasteiger partial charge is 0.361 e. The van der Waals surface area contributed by atoms with Crippen molar-refractivity contribution < 1.29 is 4.79 Å². The van der Waals surface area contributed by atoms with Crippen LogP contribution in [0.4, 0.5) is 0 Å². The van der Waals surface area contributed by atoms with E-state index in [9.17, 15) is 4.79 Å². The lowest BCUT2D eigenvalue weighted by Gasteiger charge is -2.07. The van der Waals surface area contributed by atoms with Crippen molar-refractivity contribution >= 4 is 16.8 Å². The van der Waals surface area contributed by atoms with Crippen LogP contribution < -0.4 is 5.32 Å². The normalized spacial score (nSPS) is 11.1. The minimum atomic E-state index is 0.102. The number of fused-ring (bicyclic) bond motifs is 1. The van der Waals surface area contributed by atoms with E-state index in [2.05, 4.69) is 30.2 Å². The van der Waals surface area contributed by atoms with Gasteiger partial charge in [-0.3, -0.25) is 4.79 Å². The van der Waals surface area contributed by atoms with Gasteiger partial charge in [-0.2, -0.15) is 0 Å². The van der Waals surface area contributed by atoms with E-state index in [1.54, 1.807) is 0 Å². The number of rotatable bonds is 5. The predicted molar refractivity (Wildman–Crippen MR) is 74.5 cm³/mol. The molecule has 3 heteroatoms. The van der Waals surface area contributed by atoms with Gasteiger partial charge in [0.05, 0.1) is 6.42 Å². The summed E-state index contributed by atoms with van der Waals surface area (Å²) in [5.74, 6) is 0.729. The van der Waals surface area contributed by atoms with E-state index in [0.29, 0.717) is 12.3 Å². The van der Waals surface area contributed by atoms with Gasteiger partial charge in [0.15, 0.2) is 0 Å². The molecule has 0 fully saturated rings. The van der Waals surface area contributed by atoms with Gasteiger partial charge >= 0.3 is 0 Å². The fourth-order valence-electron chi connectivity index (χ4n) is 1.96. The topological polar surface area (TPSA) is 44.9 Å². The monoisotopic (exact) mass is 244 g/mol. The Morgan fingerprint density at radius 3 is 2.94 bits per heavy atom. The van der Waals surface area contributed by atoms with Crippen LogP contribution >= 0.6 is 0 Å². The van der Waals surface area contributed by atoms with Gasteiger partial charge in [-0.1, -0.05) is 19.9 Å². The lowest BCUT2D eigenvalue weighted by molar-refractivity contribution is -0.120. The molecule has 0 aliphatic carbocycles. The molecule has 1 aromatic heterocycles. The molecule has 0 unspecified atom stereocenters. The second-order valence-electron chi connectivity index (χ2n) is 5.11. The molecular formula is C15H20N2O. The maximum atomic E-state index is 11.7. The molecule has 1 aromatic carbocycles. The summed E-state index contributed by atoms with van der Waals surface area (Å²) in [6.45, 7) is 5.08. The van der Waals surface area contributed by atoms with Gasteiger partial charge < -0.3 is 10.3 Å². The number of aromatic nitrogens is 1. The van der Waals surface area contributed by atoms with Crippen LogP contribution in [-0.4, -0.2) is 17.4 Å². The molecule has 0 aliphatic rings. The van der Waals surface area contributed by atoms with Crippen molar-refractivity contribution in [3.05, 3.63) is 36.0 Å². The van der Waals surface area contributed by atoms with Crippen molar-refractivity contribution in [2.24, 2.45) is 5.92 Å². The average Bonchev–Trinajstić information content (AvgIpc) is 2.75. The van der Waals surface area contributed by atoms with Crippen LogP contribution in [0.5, 0.6) is 0 Å². The summed E-state index contributed by atoms with van der Waals surface area (Å²) in [7, 11) is 0. The van der Waals surface area contributed by atoms with Crippen molar-refractivity contribution in [2.75, 3.05) is 6.54 Å². The zero-order chi connectivity index (χ0) is 13.0. The quantitative estimate of drug-likeness (QED) is 0.834. The summed E-state index contributed by atoms with van der Waals surface area (Å²) >= 11 is 0. The fourth-order valence-corrected chi connectivity index (χ4v) is 1.96. The number of aromatic amines is 1. The highest BCUT2D eigenvalue weighted by atomic mass is 16.1. The highest BCUT2D eigenvalue weighted by Crippen LogP contribution is 2.14. The highest BCUT2D eigenvalue weighted by Gasteiger charge is 2.04. The molecule has 0 radical (unpaired) electrons. The van der Waals surface area contributed by atoms with Gasteiger partial charge in [-0.25, -0.2) is 0 Å². The molecule has 0 atom stereocenters. The van der Waals surface area contributed by atoms with E-state index in [4.69, 9.17) is 0 Å². The van der Waals surface area contributed by atoms with Crippen molar-refractivity contribution in [3.63, 3.8) is 0 Å². The fraction of sp³-hybridized carbons (Fsp3) is 0.400. The smallest absolute Gasteiger partial charge is 0.224 e. The summed E-state index contributed by atoms with van der Waals surface area (Å²) in [5, 5.41) is 4.11. The number of carbonyl (C=O) groups is 1. The lowest BCUT2D eigenvalue weighted by atomic mass is 10.1. The maximum absolute atomic E-state index is 11.7. The Morgan fingerprint density at radius 2 is 2.17 bits per heavy atom. The maximum Gasteiger partial charge on any atom is 0.224 e. The van der Waals surface area contributed by atoms with Gasteiger partial charge in [-0.15, -0.1) is 0 Å². The number of nitrogens with one attached hydrogen (secondary N) is 2. The summed E-state index contributed by atoms with van der Waals surface area (Å²) < 4.78 is 0. The third-order valence-corrected chi connectivity index (χ3v) is 3.03. The number of amides is 1. The van der Waals surface area contributed by atoms with Crippen molar-refractivity contribution in [1.29, 1.82) is 0 Å². The Hall–Kier alpha value is -1.77. The number of carbonyl (C=O) groups excluding carboxylic acids is 1. The lowest BCUT2D eigenvalue weighted by Crippen LogP contribution is -2.26. The number of benzene rings is 1. The first-order valence-corrected chi connectivity index (χ1v) is 6.48. The van der Waals surface area contributed by atoms with Crippen molar-refractivity contribution in [1.82, 2.24) is 10.3 Å². The molecular weight excluding hydrogens is 224 g/mol. The molecule has 0 bridgehead atoms. The van der Waals surface area contributed by atoms with Crippen LogP contribution in [0.3, 0.4) is 0 Å². The minimum absolute atomic E-state index is 0.102. The third-order valence-electron chi connectivity index (χ3n) is 3.03. The first-order chi connectivity index (χ1) is 8.65. The van der Waals surface area contributed by atoms with Crippen LogP contribution in [0.2, 0.25) is 0 Å². The Kier molecular flexibility index (Phi) is 4.03. The van der Waals surface area contributed by atoms with E-state index >= 15 is 0 Å². The molecule has 3 nitrogen and oxygen atoms in total. The Labute approximate surface area is 108 Å². The molecule has 0 aliphatic heterocycles. The predicted octanol–water partition coefficient (Wildman–Crippen LogP) is 2.87. The van der Waals surface area contributed by atoms with Gasteiger partial charge in [0.2, 0.25) is 5.91 Å². The number of H-pyrrole nitrogens is 1. The molecule has 0 saturated carbocycles. The van der Waals surface area contributed by atoms with E-state index in [1.165, 1.54) is 0 Å². The van der Waals surface area contributed by atoms with Crippen LogP contribution in [0, 0.1) is 5.92 Å². The van der Waals surface area contributed by atoms with E-state index < -0.39 is 0 Å². The summed E-state index contributed by atoms with van der Waals surface area (Å²) in [6, 6.07) is 8.11. The third kappa shape index (κ3) is 3.36. The Morgan fingerprint density at radius 1 is 1.33 bits per heavy atom. The molecule has 1 heterocycles. The summed E-state index contributed by atoms with van der Waals surface area (Å²) in [6.07, 6.45) is 3.40. The number of hydrogen-bond donors (Lipinski definition) is 2. The van der Waals surface area contributed by atoms with Gasteiger partial charge in [0, 0.05) is 18.3 Å². The minimum Gasteiger partial charge on any atom is -0.361 e. The zero-order valence-electron chi connectivity index (χ0n) is 11.0. The summed E-state index contributed by atoms with van der Waals surface area (Å²) in [5.41, 5.74) is 2.17. The van der Waals surface area contributed by atoms with Gasteiger partial charge in [0.25, 0.3) is 0 Å². The number of hydrogen-bond acceptors (Lipinski definition) is 1. The van der Waals surface area contributed by atoms with E-state index in [-0.39, 0.29) is 5.91 Å². The van der Waals surface area contributed by atoms with E-state index in [1.807, 2.05) is 24.4 Å². The van der Waals surface area contributed by atoms with Crippen LogP contribution in [0.1, 0.15) is 25.8 Å². The Balaban J connectivity index is 1.90. The molecule has 2 N–H and O–H groups in total. The van der Waals surface area contributed by atoms with Crippen molar-refractivity contribution in [2.45, 2.75) is 26.7 Å². The zero-order valence-corrected chi connectivity index (χ0v) is 11.0. The first-order valence-electron chi connectivity index (χ1n) is 6.48. The molecule has 0 spiro atoms. The second kappa shape index (κ2) is 5.71. The van der Waals surface area contributed by atoms with E-state index in [0.717, 1.165) is 29.4 Å². The van der Waals surface area contributed by atoms with Crippen LogP contribution in [0.25, 0.3) is 10.9 Å². The first kappa shape index (κ1) is 12.7. The Bertz CT molecular complexity index is 528. The average molecular weight is 244 g/mol. The van der Waals surface area contributed by atoms with Crippen LogP contribution in [0.15, 0.2) is 30.5 Å². The van der Waals surface area contributed by atoms with Crippen molar-refractivity contribution in [3.8, 4) is 0 Å². The highest BCUT2D eigenvalue weighted by molar-refractivity contribution is 5.83. The standard InChI is InChI=1S/C15H20N2O/c1-11(2)5-7-17-15(18)10-12-3-4-14-13(9-12)6-8-16-14/h3-4,6,8-9,11,16H,5,7,10H2,1-2H3,(H,17,18). The molecule has 1 amide bonds. The van der Waals surface area contributed by atoms with Crippen LogP contribution in [-0.2, 0) is 11.2 Å². The molecule has 2 rings (SSSR count). The van der Waals surface area contributed by atoms with Gasteiger partial charge in [-0.05, 0) is 41.5 Å². The summed E-state index contributed by atoms with van der Waals surface area (Å²) in [4.78, 5) is 14.9. The SMILES string of the molecule is CC(C)CCNC(=O)Cc1ccc2[nH]ccc2c1. The molecule has 18 heavy (non-hydrogen) atoms.